The molecular formula is C11H14INO4S. The SMILES string of the molecule is CCS(=O)(=O)N(CC(=O)OC)c1ccc(I)cc1. The molecule has 0 saturated heterocycles. The van der Waals surface area contributed by atoms with Gasteiger partial charge in [-0.05, 0) is 53.8 Å². The first-order valence-corrected chi connectivity index (χ1v) is 7.92. The van der Waals surface area contributed by atoms with E-state index in [0.29, 0.717) is 5.69 Å². The minimum Gasteiger partial charge on any atom is -0.468 e. The van der Waals surface area contributed by atoms with Gasteiger partial charge in [-0.15, -0.1) is 0 Å². The first kappa shape index (κ1) is 15.2. The fourth-order valence-corrected chi connectivity index (χ4v) is 2.71. The van der Waals surface area contributed by atoms with Crippen LogP contribution in [0.15, 0.2) is 24.3 Å². The summed E-state index contributed by atoms with van der Waals surface area (Å²) in [5.41, 5.74) is 0.461. The van der Waals surface area contributed by atoms with Crippen LogP contribution in [0.3, 0.4) is 0 Å². The zero-order valence-electron chi connectivity index (χ0n) is 10.1. The number of hydrogen-bond acceptors (Lipinski definition) is 4. The van der Waals surface area contributed by atoms with Crippen molar-refractivity contribution < 1.29 is 17.9 Å². The van der Waals surface area contributed by atoms with E-state index in [-0.39, 0.29) is 12.3 Å². The number of rotatable bonds is 5. The van der Waals surface area contributed by atoms with E-state index in [0.717, 1.165) is 7.88 Å². The standard InChI is InChI=1S/C11H14INO4S/c1-3-18(15,16)13(8-11(14)17-2)10-6-4-9(12)5-7-10/h4-7H,3,8H2,1-2H3. The van der Waals surface area contributed by atoms with Gasteiger partial charge in [0.25, 0.3) is 0 Å². The summed E-state index contributed by atoms with van der Waals surface area (Å²) in [6.07, 6.45) is 0. The number of ether oxygens (including phenoxy) is 1. The van der Waals surface area contributed by atoms with Crippen LogP contribution >= 0.6 is 22.6 Å². The molecule has 1 aromatic carbocycles. The number of sulfonamides is 1. The summed E-state index contributed by atoms with van der Waals surface area (Å²) in [6.45, 7) is 1.22. The Balaban J connectivity index is 3.12. The predicted molar refractivity (Wildman–Crippen MR) is 78.0 cm³/mol. The quantitative estimate of drug-likeness (QED) is 0.573. The monoisotopic (exact) mass is 383 g/mol. The Hall–Kier alpha value is -0.830. The number of methoxy groups -OCH3 is 1. The summed E-state index contributed by atoms with van der Waals surface area (Å²) >= 11 is 2.12. The number of carbonyl (C=O) groups is 1. The van der Waals surface area contributed by atoms with Crippen molar-refractivity contribution in [3.63, 3.8) is 0 Å². The van der Waals surface area contributed by atoms with Gasteiger partial charge >= 0.3 is 5.97 Å². The molecule has 0 aromatic heterocycles. The van der Waals surface area contributed by atoms with Crippen LogP contribution in [0.1, 0.15) is 6.92 Å². The van der Waals surface area contributed by atoms with Crippen LogP contribution < -0.4 is 4.31 Å². The largest absolute Gasteiger partial charge is 0.468 e. The van der Waals surface area contributed by atoms with Crippen molar-refractivity contribution in [1.82, 2.24) is 0 Å². The van der Waals surface area contributed by atoms with Crippen molar-refractivity contribution in [3.05, 3.63) is 27.8 Å². The summed E-state index contributed by atoms with van der Waals surface area (Å²) in [6, 6.07) is 6.90. The maximum atomic E-state index is 12.0. The molecular weight excluding hydrogens is 369 g/mol. The van der Waals surface area contributed by atoms with Crippen molar-refractivity contribution in [1.29, 1.82) is 0 Å². The molecule has 0 amide bonds. The Morgan fingerprint density at radius 3 is 2.33 bits per heavy atom. The van der Waals surface area contributed by atoms with Crippen molar-refractivity contribution in [2.45, 2.75) is 6.92 Å². The Morgan fingerprint density at radius 1 is 1.33 bits per heavy atom. The zero-order chi connectivity index (χ0) is 13.8. The molecule has 100 valence electrons. The maximum Gasteiger partial charge on any atom is 0.326 e. The lowest BCUT2D eigenvalue weighted by Crippen LogP contribution is -2.37. The van der Waals surface area contributed by atoms with Crippen LogP contribution in [0.25, 0.3) is 0 Å². The lowest BCUT2D eigenvalue weighted by molar-refractivity contribution is -0.138. The number of benzene rings is 1. The molecule has 0 unspecified atom stereocenters. The van der Waals surface area contributed by atoms with Crippen LogP contribution in [0.4, 0.5) is 5.69 Å². The number of carbonyl (C=O) groups excluding carboxylic acids is 1. The molecule has 0 aliphatic carbocycles. The zero-order valence-corrected chi connectivity index (χ0v) is 13.1. The predicted octanol–water partition coefficient (Wildman–Crippen LogP) is 1.62. The van der Waals surface area contributed by atoms with E-state index in [9.17, 15) is 13.2 Å². The van der Waals surface area contributed by atoms with Crippen LogP contribution in [-0.2, 0) is 19.6 Å². The van der Waals surface area contributed by atoms with Crippen molar-refractivity contribution in [3.8, 4) is 0 Å². The summed E-state index contributed by atoms with van der Waals surface area (Å²) in [5, 5.41) is 0. The van der Waals surface area contributed by atoms with Crippen LogP contribution in [0, 0.1) is 3.57 Å². The maximum absolute atomic E-state index is 12.0. The molecule has 0 bridgehead atoms. The molecule has 0 radical (unpaired) electrons. The molecule has 0 aliphatic heterocycles. The number of nitrogens with zero attached hydrogens (tertiary/aromatic N) is 1. The van der Waals surface area contributed by atoms with Crippen molar-refractivity contribution >= 4 is 44.3 Å². The van der Waals surface area contributed by atoms with Gasteiger partial charge in [0.1, 0.15) is 6.54 Å². The third-order valence-electron chi connectivity index (χ3n) is 2.32. The van der Waals surface area contributed by atoms with E-state index in [1.54, 1.807) is 24.3 Å². The Labute approximate surface area is 120 Å². The third kappa shape index (κ3) is 3.84. The van der Waals surface area contributed by atoms with E-state index in [1.807, 2.05) is 0 Å². The van der Waals surface area contributed by atoms with Gasteiger partial charge < -0.3 is 4.74 Å². The number of hydrogen-bond donors (Lipinski definition) is 0. The first-order valence-electron chi connectivity index (χ1n) is 5.23. The summed E-state index contributed by atoms with van der Waals surface area (Å²) in [5.74, 6) is -0.665. The fourth-order valence-electron chi connectivity index (χ4n) is 1.30. The minimum atomic E-state index is -3.50. The average Bonchev–Trinajstić information content (AvgIpc) is 2.36. The lowest BCUT2D eigenvalue weighted by atomic mass is 10.3. The molecule has 0 fully saturated rings. The number of anilines is 1. The number of halogens is 1. The first-order chi connectivity index (χ1) is 8.40. The van der Waals surface area contributed by atoms with E-state index in [2.05, 4.69) is 27.3 Å². The minimum absolute atomic E-state index is 0.0734. The van der Waals surface area contributed by atoms with E-state index in [1.165, 1.54) is 14.0 Å². The smallest absolute Gasteiger partial charge is 0.326 e. The van der Waals surface area contributed by atoms with Gasteiger partial charge in [0.05, 0.1) is 18.6 Å². The highest BCUT2D eigenvalue weighted by atomic mass is 127. The third-order valence-corrected chi connectivity index (χ3v) is 4.78. The van der Waals surface area contributed by atoms with E-state index >= 15 is 0 Å². The van der Waals surface area contributed by atoms with E-state index < -0.39 is 16.0 Å². The highest BCUT2D eigenvalue weighted by molar-refractivity contribution is 14.1. The Kier molecular flexibility index (Phi) is 5.39. The second-order valence-electron chi connectivity index (χ2n) is 3.46. The molecule has 18 heavy (non-hydrogen) atoms. The summed E-state index contributed by atoms with van der Waals surface area (Å²) in [4.78, 5) is 11.3. The number of esters is 1. The molecule has 0 heterocycles. The molecule has 1 rings (SSSR count). The van der Waals surface area contributed by atoms with Crippen LogP contribution in [0.2, 0.25) is 0 Å². The molecule has 7 heteroatoms. The second kappa shape index (κ2) is 6.37. The lowest BCUT2D eigenvalue weighted by Gasteiger charge is -2.22. The van der Waals surface area contributed by atoms with Gasteiger partial charge in [0.2, 0.25) is 10.0 Å². The Bertz CT molecular complexity index is 512. The molecule has 0 spiro atoms. The van der Waals surface area contributed by atoms with Gasteiger partial charge in [-0.1, -0.05) is 0 Å². The molecule has 0 atom stereocenters. The van der Waals surface area contributed by atoms with Crippen molar-refractivity contribution in [2.75, 3.05) is 23.7 Å². The van der Waals surface area contributed by atoms with Gasteiger partial charge in [0, 0.05) is 3.57 Å². The fraction of sp³-hybridized carbons (Fsp3) is 0.364. The summed E-state index contributed by atoms with van der Waals surface area (Å²) < 4.78 is 30.5. The Morgan fingerprint density at radius 2 is 1.89 bits per heavy atom. The van der Waals surface area contributed by atoms with Gasteiger partial charge in [-0.2, -0.15) is 0 Å². The normalized spacial score (nSPS) is 11.1. The summed E-state index contributed by atoms with van der Waals surface area (Å²) in [7, 11) is -2.27. The van der Waals surface area contributed by atoms with E-state index in [4.69, 9.17) is 0 Å². The topological polar surface area (TPSA) is 63.7 Å². The molecule has 0 aliphatic rings. The highest BCUT2D eigenvalue weighted by Gasteiger charge is 2.23. The van der Waals surface area contributed by atoms with Crippen molar-refractivity contribution in [2.24, 2.45) is 0 Å². The highest BCUT2D eigenvalue weighted by Crippen LogP contribution is 2.19. The second-order valence-corrected chi connectivity index (χ2v) is 6.89. The van der Waals surface area contributed by atoms with Gasteiger partial charge in [0.15, 0.2) is 0 Å². The molecule has 0 N–H and O–H groups in total. The molecule has 5 nitrogen and oxygen atoms in total. The van der Waals surface area contributed by atoms with Crippen LogP contribution in [0.5, 0.6) is 0 Å². The van der Waals surface area contributed by atoms with Gasteiger partial charge in [-0.25, -0.2) is 8.42 Å². The molecule has 0 saturated carbocycles. The average molecular weight is 383 g/mol. The van der Waals surface area contributed by atoms with Gasteiger partial charge in [-0.3, -0.25) is 9.10 Å². The molecule has 1 aromatic rings. The van der Waals surface area contributed by atoms with Crippen LogP contribution in [-0.4, -0.2) is 33.8 Å².